The summed E-state index contributed by atoms with van der Waals surface area (Å²) in [7, 11) is 0. The third-order valence-electron chi connectivity index (χ3n) is 2.82. The second kappa shape index (κ2) is 7.73. The Morgan fingerprint density at radius 3 is 2.36 bits per heavy atom. The van der Waals surface area contributed by atoms with Gasteiger partial charge in [-0.1, -0.05) is 47.5 Å². The molecule has 0 atom stereocenters. The first kappa shape index (κ1) is 16.9. The van der Waals surface area contributed by atoms with Crippen LogP contribution < -0.4 is 10.1 Å². The lowest BCUT2D eigenvalue weighted by Gasteiger charge is -2.12. The standard InChI is InChI=1S/C16H13Cl3FNO/c1-2-5-22-16-13(18)6-10(7-14(16)19)9-21-11-3-4-15(20)12(17)8-11/h2-4,6-8,21H,1,5,9H2. The highest BCUT2D eigenvalue weighted by atomic mass is 35.5. The van der Waals surface area contributed by atoms with Crippen LogP contribution in [0.4, 0.5) is 10.1 Å². The quantitative estimate of drug-likeness (QED) is 0.641. The lowest BCUT2D eigenvalue weighted by molar-refractivity contribution is 0.363. The minimum Gasteiger partial charge on any atom is -0.486 e. The van der Waals surface area contributed by atoms with Crippen molar-refractivity contribution in [1.29, 1.82) is 0 Å². The Balaban J connectivity index is 2.09. The van der Waals surface area contributed by atoms with Gasteiger partial charge in [-0.2, -0.15) is 0 Å². The van der Waals surface area contributed by atoms with E-state index in [2.05, 4.69) is 11.9 Å². The van der Waals surface area contributed by atoms with E-state index in [1.165, 1.54) is 12.1 Å². The van der Waals surface area contributed by atoms with Gasteiger partial charge in [0.15, 0.2) is 5.75 Å². The van der Waals surface area contributed by atoms with Gasteiger partial charge in [-0.15, -0.1) is 0 Å². The summed E-state index contributed by atoms with van der Waals surface area (Å²) in [6.07, 6.45) is 1.61. The summed E-state index contributed by atoms with van der Waals surface area (Å²) in [5.41, 5.74) is 1.56. The molecule has 116 valence electrons. The highest BCUT2D eigenvalue weighted by Crippen LogP contribution is 2.34. The molecule has 22 heavy (non-hydrogen) atoms. The van der Waals surface area contributed by atoms with Gasteiger partial charge < -0.3 is 10.1 Å². The van der Waals surface area contributed by atoms with Crippen molar-refractivity contribution in [3.8, 4) is 5.75 Å². The van der Waals surface area contributed by atoms with E-state index in [0.29, 0.717) is 34.6 Å². The van der Waals surface area contributed by atoms with E-state index in [9.17, 15) is 4.39 Å². The maximum atomic E-state index is 13.1. The average Bonchev–Trinajstić information content (AvgIpc) is 2.48. The fraction of sp³-hybridized carbons (Fsp3) is 0.125. The number of benzene rings is 2. The van der Waals surface area contributed by atoms with E-state index in [1.807, 2.05) is 0 Å². The second-order valence-electron chi connectivity index (χ2n) is 4.47. The SMILES string of the molecule is C=CCOc1c(Cl)cc(CNc2ccc(F)c(Cl)c2)cc1Cl. The molecule has 0 spiro atoms. The van der Waals surface area contributed by atoms with Crippen molar-refractivity contribution < 1.29 is 9.13 Å². The molecule has 0 bridgehead atoms. The molecule has 2 aromatic carbocycles. The number of hydrogen-bond donors (Lipinski definition) is 1. The van der Waals surface area contributed by atoms with Crippen molar-refractivity contribution in [3.05, 3.63) is 69.4 Å². The zero-order valence-corrected chi connectivity index (χ0v) is 13.8. The summed E-state index contributed by atoms with van der Waals surface area (Å²) in [4.78, 5) is 0. The fourth-order valence-electron chi connectivity index (χ4n) is 1.80. The fourth-order valence-corrected chi connectivity index (χ4v) is 2.63. The molecule has 0 aromatic heterocycles. The largest absolute Gasteiger partial charge is 0.486 e. The molecule has 0 unspecified atom stereocenters. The van der Waals surface area contributed by atoms with Gasteiger partial charge in [0.05, 0.1) is 15.1 Å². The minimum atomic E-state index is -0.456. The van der Waals surface area contributed by atoms with Crippen LogP contribution in [0.15, 0.2) is 43.0 Å². The first-order valence-corrected chi connectivity index (χ1v) is 7.55. The van der Waals surface area contributed by atoms with Crippen molar-refractivity contribution in [2.24, 2.45) is 0 Å². The van der Waals surface area contributed by atoms with Gasteiger partial charge in [-0.3, -0.25) is 0 Å². The monoisotopic (exact) mass is 359 g/mol. The van der Waals surface area contributed by atoms with Crippen LogP contribution in [0.3, 0.4) is 0 Å². The molecule has 6 heteroatoms. The van der Waals surface area contributed by atoms with Gasteiger partial charge in [-0.25, -0.2) is 4.39 Å². The van der Waals surface area contributed by atoms with Crippen molar-refractivity contribution in [2.75, 3.05) is 11.9 Å². The van der Waals surface area contributed by atoms with Crippen molar-refractivity contribution in [2.45, 2.75) is 6.54 Å². The molecule has 0 aliphatic carbocycles. The molecule has 0 saturated carbocycles. The van der Waals surface area contributed by atoms with Crippen LogP contribution in [0, 0.1) is 5.82 Å². The highest BCUT2D eigenvalue weighted by Gasteiger charge is 2.09. The summed E-state index contributed by atoms with van der Waals surface area (Å²) >= 11 is 18.0. The summed E-state index contributed by atoms with van der Waals surface area (Å²) in [6.45, 7) is 4.36. The normalized spacial score (nSPS) is 10.4. The van der Waals surface area contributed by atoms with Crippen molar-refractivity contribution >= 4 is 40.5 Å². The Kier molecular flexibility index (Phi) is 5.95. The Hall–Kier alpha value is -1.42. The molecule has 1 N–H and O–H groups in total. The van der Waals surface area contributed by atoms with E-state index < -0.39 is 5.82 Å². The summed E-state index contributed by atoms with van der Waals surface area (Å²) < 4.78 is 18.5. The van der Waals surface area contributed by atoms with E-state index in [-0.39, 0.29) is 5.02 Å². The molecule has 0 fully saturated rings. The van der Waals surface area contributed by atoms with Gasteiger partial charge in [-0.05, 0) is 35.9 Å². The molecule has 0 radical (unpaired) electrons. The Bertz CT molecular complexity index is 668. The van der Waals surface area contributed by atoms with Gasteiger partial charge >= 0.3 is 0 Å². The smallest absolute Gasteiger partial charge is 0.156 e. The zero-order chi connectivity index (χ0) is 16.1. The molecule has 0 saturated heterocycles. The van der Waals surface area contributed by atoms with Crippen LogP contribution in [0.2, 0.25) is 15.1 Å². The molecular formula is C16H13Cl3FNO. The summed E-state index contributed by atoms with van der Waals surface area (Å²) in [5.74, 6) is -0.0289. The first-order chi connectivity index (χ1) is 10.5. The number of ether oxygens (including phenoxy) is 1. The maximum absolute atomic E-state index is 13.1. The Labute approximate surface area is 143 Å². The van der Waals surface area contributed by atoms with Gasteiger partial charge in [0, 0.05) is 12.2 Å². The molecule has 0 aliphatic rings. The lowest BCUT2D eigenvalue weighted by Crippen LogP contribution is -2.01. The predicted molar refractivity (Wildman–Crippen MR) is 90.9 cm³/mol. The Morgan fingerprint density at radius 1 is 1.09 bits per heavy atom. The predicted octanol–water partition coefficient (Wildman–Crippen LogP) is 5.96. The summed E-state index contributed by atoms with van der Waals surface area (Å²) in [5, 5.41) is 4.02. The number of halogens is 4. The number of anilines is 1. The summed E-state index contributed by atoms with van der Waals surface area (Å²) in [6, 6.07) is 7.93. The molecule has 0 aliphatic heterocycles. The van der Waals surface area contributed by atoms with Crippen LogP contribution in [0.5, 0.6) is 5.75 Å². The Morgan fingerprint density at radius 2 is 1.77 bits per heavy atom. The van der Waals surface area contributed by atoms with E-state index in [4.69, 9.17) is 39.5 Å². The second-order valence-corrected chi connectivity index (χ2v) is 5.69. The minimum absolute atomic E-state index is 0.0641. The van der Waals surface area contributed by atoms with Gasteiger partial charge in [0.25, 0.3) is 0 Å². The molecule has 2 rings (SSSR count). The van der Waals surface area contributed by atoms with E-state index >= 15 is 0 Å². The van der Waals surface area contributed by atoms with Crippen LogP contribution in [0.25, 0.3) is 0 Å². The first-order valence-electron chi connectivity index (χ1n) is 6.42. The average molecular weight is 361 g/mol. The number of rotatable bonds is 6. The highest BCUT2D eigenvalue weighted by molar-refractivity contribution is 6.37. The number of nitrogens with one attached hydrogen (secondary N) is 1. The van der Waals surface area contributed by atoms with Gasteiger partial charge in [0.2, 0.25) is 0 Å². The third kappa shape index (κ3) is 4.29. The van der Waals surface area contributed by atoms with Crippen molar-refractivity contribution in [3.63, 3.8) is 0 Å². The topological polar surface area (TPSA) is 21.3 Å². The molecule has 2 nitrogen and oxygen atoms in total. The zero-order valence-electron chi connectivity index (χ0n) is 11.5. The third-order valence-corrected chi connectivity index (χ3v) is 3.67. The molecular weight excluding hydrogens is 348 g/mol. The van der Waals surface area contributed by atoms with E-state index in [1.54, 1.807) is 24.3 Å². The molecule has 0 heterocycles. The van der Waals surface area contributed by atoms with Crippen LogP contribution in [-0.2, 0) is 6.54 Å². The van der Waals surface area contributed by atoms with Crippen LogP contribution in [-0.4, -0.2) is 6.61 Å². The molecule has 0 amide bonds. The van der Waals surface area contributed by atoms with Crippen LogP contribution >= 0.6 is 34.8 Å². The van der Waals surface area contributed by atoms with E-state index in [0.717, 1.165) is 5.56 Å². The van der Waals surface area contributed by atoms with Crippen LogP contribution in [0.1, 0.15) is 5.56 Å². The number of hydrogen-bond acceptors (Lipinski definition) is 2. The lowest BCUT2D eigenvalue weighted by atomic mass is 10.2. The maximum Gasteiger partial charge on any atom is 0.156 e. The van der Waals surface area contributed by atoms with Crippen molar-refractivity contribution in [1.82, 2.24) is 0 Å². The molecule has 2 aromatic rings. The van der Waals surface area contributed by atoms with Gasteiger partial charge in [0.1, 0.15) is 12.4 Å².